The lowest BCUT2D eigenvalue weighted by Gasteiger charge is -2.31. The number of carbonyl (C=O) groups is 2. The van der Waals surface area contributed by atoms with E-state index in [-0.39, 0.29) is 29.3 Å². The maximum Gasteiger partial charge on any atom is 0.243 e. The summed E-state index contributed by atoms with van der Waals surface area (Å²) in [6.07, 6.45) is 3.24. The van der Waals surface area contributed by atoms with Crippen molar-refractivity contribution >= 4 is 44.9 Å². The third-order valence-corrected chi connectivity index (χ3v) is 8.06. The molecule has 0 saturated carbocycles. The summed E-state index contributed by atoms with van der Waals surface area (Å²) < 4.78 is 28.0. The van der Waals surface area contributed by atoms with E-state index in [1.807, 2.05) is 6.92 Å². The van der Waals surface area contributed by atoms with Gasteiger partial charge in [-0.15, -0.1) is 0 Å². The van der Waals surface area contributed by atoms with E-state index in [1.165, 1.54) is 17.4 Å². The summed E-state index contributed by atoms with van der Waals surface area (Å²) >= 11 is 5.82. The second-order valence-corrected chi connectivity index (χ2v) is 10.7. The van der Waals surface area contributed by atoms with Crippen molar-refractivity contribution in [1.29, 1.82) is 0 Å². The summed E-state index contributed by atoms with van der Waals surface area (Å²) in [5.41, 5.74) is 1.60. The summed E-state index contributed by atoms with van der Waals surface area (Å²) in [5, 5.41) is 3.20. The van der Waals surface area contributed by atoms with Crippen molar-refractivity contribution in [2.75, 3.05) is 23.3 Å². The number of sulfonamides is 1. The molecule has 3 heterocycles. The van der Waals surface area contributed by atoms with Crippen molar-refractivity contribution in [3.63, 3.8) is 0 Å². The topological polar surface area (TPSA) is 99.7 Å². The molecule has 2 atom stereocenters. The first-order valence-electron chi connectivity index (χ1n) is 10.5. The summed E-state index contributed by atoms with van der Waals surface area (Å²) in [6.45, 7) is 3.92. The van der Waals surface area contributed by atoms with Gasteiger partial charge in [0.05, 0.1) is 15.8 Å². The molecule has 2 aromatic rings. The number of piperidine rings is 1. The van der Waals surface area contributed by atoms with E-state index in [0.717, 1.165) is 11.3 Å². The Morgan fingerprint density at radius 1 is 1.22 bits per heavy atom. The molecule has 0 unspecified atom stereocenters. The van der Waals surface area contributed by atoms with E-state index >= 15 is 0 Å². The number of aromatic nitrogens is 1. The van der Waals surface area contributed by atoms with E-state index in [9.17, 15) is 18.0 Å². The Kier molecular flexibility index (Phi) is 6.24. The van der Waals surface area contributed by atoms with Gasteiger partial charge in [-0.05, 0) is 62.1 Å². The van der Waals surface area contributed by atoms with Gasteiger partial charge in [0.1, 0.15) is 5.82 Å². The highest BCUT2D eigenvalue weighted by Gasteiger charge is 2.35. The molecule has 0 spiro atoms. The van der Waals surface area contributed by atoms with Crippen LogP contribution in [0.15, 0.2) is 41.4 Å². The van der Waals surface area contributed by atoms with Gasteiger partial charge in [-0.3, -0.25) is 9.59 Å². The predicted molar refractivity (Wildman–Crippen MR) is 122 cm³/mol. The van der Waals surface area contributed by atoms with Crippen LogP contribution in [0.2, 0.25) is 5.02 Å². The Labute approximate surface area is 192 Å². The number of pyridine rings is 1. The maximum absolute atomic E-state index is 13.3. The standard InChI is InChI=1S/C22H25ClN4O4S/c1-14-10-17-11-19(6-7-20(17)27(14)15(2)28)32(30,31)26-9-3-4-16(13-26)22(29)25-21-8-5-18(23)12-24-21/h5-8,11-12,14,16H,3-4,9-10,13H2,1-2H3,(H,24,25,29)/t14-,16-/m1/s1. The van der Waals surface area contributed by atoms with Gasteiger partial charge in [-0.2, -0.15) is 4.31 Å². The van der Waals surface area contributed by atoms with Crippen molar-refractivity contribution in [1.82, 2.24) is 9.29 Å². The molecule has 0 bridgehead atoms. The van der Waals surface area contributed by atoms with Crippen LogP contribution in [0.5, 0.6) is 0 Å². The number of hydrogen-bond acceptors (Lipinski definition) is 5. The van der Waals surface area contributed by atoms with Gasteiger partial charge >= 0.3 is 0 Å². The average Bonchev–Trinajstić information content (AvgIpc) is 3.10. The van der Waals surface area contributed by atoms with E-state index in [0.29, 0.717) is 36.6 Å². The van der Waals surface area contributed by atoms with E-state index in [4.69, 9.17) is 11.6 Å². The average molecular weight is 477 g/mol. The fourth-order valence-electron chi connectivity index (χ4n) is 4.45. The van der Waals surface area contributed by atoms with Crippen LogP contribution >= 0.6 is 11.6 Å². The summed E-state index contributed by atoms with van der Waals surface area (Å²) in [4.78, 5) is 30.6. The molecular weight excluding hydrogens is 452 g/mol. The number of amides is 2. The number of rotatable bonds is 4. The number of fused-ring (bicyclic) bond motifs is 1. The Bertz CT molecular complexity index is 1150. The number of nitrogens with zero attached hydrogens (tertiary/aromatic N) is 3. The van der Waals surface area contributed by atoms with Crippen molar-refractivity contribution in [3.05, 3.63) is 47.1 Å². The van der Waals surface area contributed by atoms with Gasteiger partial charge < -0.3 is 10.2 Å². The lowest BCUT2D eigenvalue weighted by molar-refractivity contribution is -0.121. The summed E-state index contributed by atoms with van der Waals surface area (Å²) in [7, 11) is -3.77. The monoisotopic (exact) mass is 476 g/mol. The van der Waals surface area contributed by atoms with Gasteiger partial charge in [0.15, 0.2) is 0 Å². The molecule has 170 valence electrons. The lowest BCUT2D eigenvalue weighted by atomic mass is 9.99. The molecule has 8 nitrogen and oxygen atoms in total. The van der Waals surface area contributed by atoms with Gasteiger partial charge in [0, 0.05) is 37.9 Å². The highest BCUT2D eigenvalue weighted by Crippen LogP contribution is 2.35. The molecular formula is C22H25ClN4O4S. The van der Waals surface area contributed by atoms with Crippen LogP contribution in [0.25, 0.3) is 0 Å². The number of carbonyl (C=O) groups excluding carboxylic acids is 2. The molecule has 2 aliphatic rings. The molecule has 1 N–H and O–H groups in total. The zero-order chi connectivity index (χ0) is 23.0. The zero-order valence-corrected chi connectivity index (χ0v) is 19.5. The van der Waals surface area contributed by atoms with Crippen LogP contribution in [0.3, 0.4) is 0 Å². The van der Waals surface area contributed by atoms with Gasteiger partial charge in [-0.25, -0.2) is 13.4 Å². The number of benzene rings is 1. The number of anilines is 2. The Morgan fingerprint density at radius 2 is 2.00 bits per heavy atom. The summed E-state index contributed by atoms with van der Waals surface area (Å²) in [5.74, 6) is -0.424. The second-order valence-electron chi connectivity index (χ2n) is 8.29. The largest absolute Gasteiger partial charge is 0.310 e. The molecule has 2 aliphatic heterocycles. The molecule has 1 aromatic heterocycles. The molecule has 10 heteroatoms. The summed E-state index contributed by atoms with van der Waals surface area (Å²) in [6, 6.07) is 8.13. The van der Waals surface area contributed by atoms with E-state index in [1.54, 1.807) is 35.2 Å². The molecule has 1 saturated heterocycles. The normalized spacial score (nSPS) is 21.3. The van der Waals surface area contributed by atoms with E-state index < -0.39 is 15.9 Å². The minimum Gasteiger partial charge on any atom is -0.310 e. The molecule has 0 aliphatic carbocycles. The highest BCUT2D eigenvalue weighted by molar-refractivity contribution is 7.89. The van der Waals surface area contributed by atoms with Gasteiger partial charge in [0.25, 0.3) is 0 Å². The van der Waals surface area contributed by atoms with Crippen LogP contribution in [0.4, 0.5) is 11.5 Å². The Balaban J connectivity index is 1.50. The fourth-order valence-corrected chi connectivity index (χ4v) is 6.14. The smallest absolute Gasteiger partial charge is 0.243 e. The van der Waals surface area contributed by atoms with Crippen molar-refractivity contribution < 1.29 is 18.0 Å². The first kappa shape index (κ1) is 22.7. The number of hydrogen-bond donors (Lipinski definition) is 1. The number of nitrogens with one attached hydrogen (secondary N) is 1. The molecule has 0 radical (unpaired) electrons. The lowest BCUT2D eigenvalue weighted by Crippen LogP contribution is -2.43. The quantitative estimate of drug-likeness (QED) is 0.731. The first-order valence-corrected chi connectivity index (χ1v) is 12.3. The third kappa shape index (κ3) is 4.37. The Hall–Kier alpha value is -2.49. The first-order chi connectivity index (χ1) is 15.2. The van der Waals surface area contributed by atoms with Crippen LogP contribution < -0.4 is 10.2 Å². The van der Waals surface area contributed by atoms with Crippen molar-refractivity contribution in [3.8, 4) is 0 Å². The van der Waals surface area contributed by atoms with Crippen LogP contribution in [0.1, 0.15) is 32.3 Å². The van der Waals surface area contributed by atoms with Gasteiger partial charge in [-0.1, -0.05) is 11.6 Å². The zero-order valence-electron chi connectivity index (χ0n) is 17.9. The Morgan fingerprint density at radius 3 is 2.69 bits per heavy atom. The fraction of sp³-hybridized carbons (Fsp3) is 0.409. The van der Waals surface area contributed by atoms with E-state index in [2.05, 4.69) is 10.3 Å². The minimum absolute atomic E-state index is 0.00926. The van der Waals surface area contributed by atoms with Gasteiger partial charge in [0.2, 0.25) is 21.8 Å². The molecule has 4 rings (SSSR count). The van der Waals surface area contributed by atoms with Crippen molar-refractivity contribution in [2.24, 2.45) is 5.92 Å². The highest BCUT2D eigenvalue weighted by atomic mass is 35.5. The van der Waals surface area contributed by atoms with Crippen LogP contribution in [-0.4, -0.2) is 48.7 Å². The molecule has 32 heavy (non-hydrogen) atoms. The molecule has 2 amide bonds. The van der Waals surface area contributed by atoms with Crippen LogP contribution in [0, 0.1) is 5.92 Å². The maximum atomic E-state index is 13.3. The third-order valence-electron chi connectivity index (χ3n) is 5.98. The second kappa shape index (κ2) is 8.80. The van der Waals surface area contributed by atoms with Crippen LogP contribution in [-0.2, 0) is 26.0 Å². The minimum atomic E-state index is -3.77. The predicted octanol–water partition coefficient (Wildman–Crippen LogP) is 3.07. The molecule has 1 aromatic carbocycles. The number of halogens is 1. The van der Waals surface area contributed by atoms with Crippen molar-refractivity contribution in [2.45, 2.75) is 44.0 Å². The molecule has 1 fully saturated rings. The SMILES string of the molecule is CC(=O)N1c2ccc(S(=O)(=O)N3CCC[C@@H](C(=O)Nc4ccc(Cl)cn4)C3)cc2C[C@H]1C.